The van der Waals surface area contributed by atoms with E-state index in [0.29, 0.717) is 5.41 Å². The fourth-order valence-corrected chi connectivity index (χ4v) is 2.04. The largest absolute Gasteiger partial charge is 0.316 e. The second kappa shape index (κ2) is 5.85. The van der Waals surface area contributed by atoms with Crippen LogP contribution in [0.25, 0.3) is 0 Å². The normalized spacial score (nSPS) is 11.7. The third-order valence-electron chi connectivity index (χ3n) is 2.45. The molecule has 15 heavy (non-hydrogen) atoms. The minimum atomic E-state index is 0.336. The minimum Gasteiger partial charge on any atom is -0.316 e. The van der Waals surface area contributed by atoms with Gasteiger partial charge in [-0.2, -0.15) is 0 Å². The molecule has 1 nitrogen and oxygen atoms in total. The van der Waals surface area contributed by atoms with Crippen molar-refractivity contribution in [1.82, 2.24) is 5.32 Å². The van der Waals surface area contributed by atoms with Crippen LogP contribution in [0.5, 0.6) is 0 Å². The maximum atomic E-state index is 3.42. The minimum absolute atomic E-state index is 0.336. The summed E-state index contributed by atoms with van der Waals surface area (Å²) >= 11 is 2.34. The van der Waals surface area contributed by atoms with Gasteiger partial charge in [0, 0.05) is 10.1 Å². The van der Waals surface area contributed by atoms with E-state index in [1.54, 1.807) is 0 Å². The van der Waals surface area contributed by atoms with Gasteiger partial charge >= 0.3 is 0 Å². The number of hydrogen-bond acceptors (Lipinski definition) is 1. The van der Waals surface area contributed by atoms with E-state index in [2.05, 4.69) is 72.9 Å². The zero-order valence-electron chi connectivity index (χ0n) is 9.81. The molecule has 84 valence electrons. The van der Waals surface area contributed by atoms with Crippen molar-refractivity contribution < 1.29 is 0 Å². The summed E-state index contributed by atoms with van der Waals surface area (Å²) in [7, 11) is 0. The molecule has 0 saturated carbocycles. The van der Waals surface area contributed by atoms with Gasteiger partial charge in [0.05, 0.1) is 0 Å². The highest BCUT2D eigenvalue weighted by Gasteiger charge is 2.17. The predicted octanol–water partition coefficient (Wildman–Crippen LogP) is 3.47. The maximum Gasteiger partial charge on any atom is 0.0130 e. The van der Waals surface area contributed by atoms with E-state index in [4.69, 9.17) is 0 Å². The Morgan fingerprint density at radius 3 is 2.33 bits per heavy atom. The van der Waals surface area contributed by atoms with Crippen molar-refractivity contribution >= 4 is 22.6 Å². The van der Waals surface area contributed by atoms with E-state index in [1.807, 2.05) is 0 Å². The molecule has 0 radical (unpaired) electrons. The summed E-state index contributed by atoms with van der Waals surface area (Å²) in [5, 5.41) is 3.42. The molecular weight excluding hydrogens is 297 g/mol. The SMILES string of the molecule is CCNCC(C)(C)Cc1ccc(I)cc1. The molecule has 0 aliphatic heterocycles. The first-order valence-electron chi connectivity index (χ1n) is 5.49. The van der Waals surface area contributed by atoms with Crippen LogP contribution < -0.4 is 5.32 Å². The number of rotatable bonds is 5. The molecule has 0 aliphatic rings. The molecule has 2 heteroatoms. The Bertz CT molecular complexity index is 290. The summed E-state index contributed by atoms with van der Waals surface area (Å²) < 4.78 is 1.31. The van der Waals surface area contributed by atoms with Gasteiger partial charge in [-0.15, -0.1) is 0 Å². The van der Waals surface area contributed by atoms with Crippen molar-refractivity contribution in [2.75, 3.05) is 13.1 Å². The van der Waals surface area contributed by atoms with Crippen LogP contribution in [0, 0.1) is 8.99 Å². The molecule has 1 aromatic carbocycles. The first kappa shape index (κ1) is 13.0. The quantitative estimate of drug-likeness (QED) is 0.820. The molecular formula is C13H20IN. The predicted molar refractivity (Wildman–Crippen MR) is 75.2 cm³/mol. The fraction of sp³-hybridized carbons (Fsp3) is 0.538. The Labute approximate surface area is 107 Å². The molecule has 0 spiro atoms. The van der Waals surface area contributed by atoms with Crippen molar-refractivity contribution in [1.29, 1.82) is 0 Å². The van der Waals surface area contributed by atoms with Crippen LogP contribution >= 0.6 is 22.6 Å². The highest BCUT2D eigenvalue weighted by Crippen LogP contribution is 2.21. The maximum absolute atomic E-state index is 3.42. The average Bonchev–Trinajstić information content (AvgIpc) is 2.18. The standard InChI is InChI=1S/C13H20IN/c1-4-15-10-13(2,3)9-11-5-7-12(14)8-6-11/h5-8,15H,4,9-10H2,1-3H3. The summed E-state index contributed by atoms with van der Waals surface area (Å²) in [6, 6.07) is 8.82. The van der Waals surface area contributed by atoms with Crippen LogP contribution in [-0.2, 0) is 6.42 Å². The molecule has 0 bridgehead atoms. The van der Waals surface area contributed by atoms with Gasteiger partial charge in [0.1, 0.15) is 0 Å². The van der Waals surface area contributed by atoms with Gasteiger partial charge < -0.3 is 5.32 Å². The van der Waals surface area contributed by atoms with Gasteiger partial charge in [0.25, 0.3) is 0 Å². The van der Waals surface area contributed by atoms with Crippen molar-refractivity contribution in [3.05, 3.63) is 33.4 Å². The average molecular weight is 317 g/mol. The summed E-state index contributed by atoms with van der Waals surface area (Å²) in [5.41, 5.74) is 1.77. The Kier molecular flexibility index (Phi) is 5.06. The Balaban J connectivity index is 2.56. The molecule has 1 N–H and O–H groups in total. The van der Waals surface area contributed by atoms with Crippen molar-refractivity contribution in [3.63, 3.8) is 0 Å². The summed E-state index contributed by atoms with van der Waals surface area (Å²) in [5.74, 6) is 0. The number of hydrogen-bond donors (Lipinski definition) is 1. The van der Waals surface area contributed by atoms with Gasteiger partial charge in [-0.25, -0.2) is 0 Å². The Morgan fingerprint density at radius 2 is 1.80 bits per heavy atom. The van der Waals surface area contributed by atoms with Crippen LogP contribution in [0.15, 0.2) is 24.3 Å². The smallest absolute Gasteiger partial charge is 0.0130 e. The van der Waals surface area contributed by atoms with Crippen molar-refractivity contribution in [2.45, 2.75) is 27.2 Å². The Hall–Kier alpha value is -0.0900. The van der Waals surface area contributed by atoms with E-state index in [1.165, 1.54) is 9.13 Å². The molecule has 0 heterocycles. The zero-order chi connectivity index (χ0) is 11.3. The molecule has 0 atom stereocenters. The van der Waals surface area contributed by atoms with E-state index in [-0.39, 0.29) is 0 Å². The lowest BCUT2D eigenvalue weighted by molar-refractivity contribution is 0.342. The molecule has 0 fully saturated rings. The molecule has 0 saturated heterocycles. The van der Waals surface area contributed by atoms with Gasteiger partial charge in [-0.1, -0.05) is 32.9 Å². The van der Waals surface area contributed by atoms with Crippen LogP contribution in [0.2, 0.25) is 0 Å². The van der Waals surface area contributed by atoms with Gasteiger partial charge in [0.15, 0.2) is 0 Å². The van der Waals surface area contributed by atoms with E-state index < -0.39 is 0 Å². The van der Waals surface area contributed by atoms with Gasteiger partial charge in [0.2, 0.25) is 0 Å². The summed E-state index contributed by atoms with van der Waals surface area (Å²) in [4.78, 5) is 0. The van der Waals surface area contributed by atoms with E-state index in [0.717, 1.165) is 19.5 Å². The first-order valence-corrected chi connectivity index (χ1v) is 6.56. The van der Waals surface area contributed by atoms with Crippen LogP contribution in [0.4, 0.5) is 0 Å². The molecule has 0 amide bonds. The number of benzene rings is 1. The molecule has 0 aliphatic carbocycles. The van der Waals surface area contributed by atoms with Gasteiger partial charge in [-0.05, 0) is 58.7 Å². The number of halogens is 1. The lowest BCUT2D eigenvalue weighted by atomic mass is 9.86. The van der Waals surface area contributed by atoms with E-state index in [9.17, 15) is 0 Å². The highest BCUT2D eigenvalue weighted by molar-refractivity contribution is 14.1. The highest BCUT2D eigenvalue weighted by atomic mass is 127. The summed E-state index contributed by atoms with van der Waals surface area (Å²) in [6.07, 6.45) is 1.14. The second-order valence-electron chi connectivity index (χ2n) is 4.75. The second-order valence-corrected chi connectivity index (χ2v) is 5.99. The van der Waals surface area contributed by atoms with Crippen LogP contribution in [0.1, 0.15) is 26.3 Å². The molecule has 0 unspecified atom stereocenters. The lowest BCUT2D eigenvalue weighted by Crippen LogP contribution is -2.30. The molecule has 1 aromatic rings. The summed E-state index contributed by atoms with van der Waals surface area (Å²) in [6.45, 7) is 8.91. The Morgan fingerprint density at radius 1 is 1.20 bits per heavy atom. The van der Waals surface area contributed by atoms with Crippen molar-refractivity contribution in [3.8, 4) is 0 Å². The molecule has 1 rings (SSSR count). The lowest BCUT2D eigenvalue weighted by Gasteiger charge is -2.25. The fourth-order valence-electron chi connectivity index (χ4n) is 1.68. The third-order valence-corrected chi connectivity index (χ3v) is 3.17. The van der Waals surface area contributed by atoms with Crippen LogP contribution in [0.3, 0.4) is 0 Å². The monoisotopic (exact) mass is 317 g/mol. The topological polar surface area (TPSA) is 12.0 Å². The first-order chi connectivity index (χ1) is 7.03. The van der Waals surface area contributed by atoms with Gasteiger partial charge in [-0.3, -0.25) is 0 Å². The molecule has 0 aromatic heterocycles. The van der Waals surface area contributed by atoms with E-state index >= 15 is 0 Å². The van der Waals surface area contributed by atoms with Crippen LogP contribution in [-0.4, -0.2) is 13.1 Å². The van der Waals surface area contributed by atoms with Crippen molar-refractivity contribution in [2.24, 2.45) is 5.41 Å². The number of nitrogens with one attached hydrogen (secondary N) is 1. The zero-order valence-corrected chi connectivity index (χ0v) is 12.0. The third kappa shape index (κ3) is 4.98.